The number of carbonyl (C=O) groups excluding carboxylic acids is 1. The molecule has 1 aromatic carbocycles. The highest BCUT2D eigenvalue weighted by molar-refractivity contribution is 5.94. The van der Waals surface area contributed by atoms with Crippen molar-refractivity contribution in [1.29, 1.82) is 0 Å². The Balaban J connectivity index is 2.63. The van der Waals surface area contributed by atoms with Crippen molar-refractivity contribution in [1.82, 2.24) is 4.90 Å². The van der Waals surface area contributed by atoms with Crippen LogP contribution in [0.2, 0.25) is 0 Å². The molecule has 116 valence electrons. The zero-order valence-electron chi connectivity index (χ0n) is 12.4. The van der Waals surface area contributed by atoms with Crippen LogP contribution in [0, 0.1) is 6.92 Å². The lowest BCUT2D eigenvalue weighted by molar-refractivity contribution is -0.138. The minimum Gasteiger partial charge on any atom is -0.481 e. The molecule has 1 amide bonds. The zero-order chi connectivity index (χ0) is 15.8. The molecule has 0 aliphatic rings. The third-order valence-electron chi connectivity index (χ3n) is 3.25. The first-order valence-corrected chi connectivity index (χ1v) is 6.88. The minimum absolute atomic E-state index is 0.0673. The van der Waals surface area contributed by atoms with E-state index in [4.69, 9.17) is 10.2 Å². The van der Waals surface area contributed by atoms with Crippen molar-refractivity contribution >= 4 is 17.6 Å². The van der Waals surface area contributed by atoms with Gasteiger partial charge in [-0.05, 0) is 26.0 Å². The summed E-state index contributed by atoms with van der Waals surface area (Å²) in [6.45, 7) is 4.01. The second kappa shape index (κ2) is 8.39. The van der Waals surface area contributed by atoms with Crippen LogP contribution in [-0.2, 0) is 9.59 Å². The molecule has 0 fully saturated rings. The van der Waals surface area contributed by atoms with Crippen molar-refractivity contribution < 1.29 is 19.8 Å². The normalized spacial score (nSPS) is 12.2. The van der Waals surface area contributed by atoms with E-state index in [1.807, 2.05) is 31.2 Å². The number of benzene rings is 1. The fourth-order valence-corrected chi connectivity index (χ4v) is 1.92. The lowest BCUT2D eigenvalue weighted by atomic mass is 10.2. The third kappa shape index (κ3) is 5.93. The minimum atomic E-state index is -0.927. The van der Waals surface area contributed by atoms with Gasteiger partial charge >= 0.3 is 5.97 Å². The van der Waals surface area contributed by atoms with Crippen LogP contribution < -0.4 is 5.32 Å². The molecule has 0 aromatic heterocycles. The summed E-state index contributed by atoms with van der Waals surface area (Å²) in [6.07, 6.45) is -0.0673. The first-order chi connectivity index (χ1) is 9.93. The number of rotatable bonds is 8. The van der Waals surface area contributed by atoms with Crippen molar-refractivity contribution in [3.05, 3.63) is 29.8 Å². The number of carboxylic acid groups (broad SMARTS) is 1. The maximum absolute atomic E-state index is 12.2. The molecule has 0 aliphatic heterocycles. The molecular formula is C15H22N2O4. The monoisotopic (exact) mass is 294 g/mol. The van der Waals surface area contributed by atoms with Gasteiger partial charge in [-0.2, -0.15) is 0 Å². The fraction of sp³-hybridized carbons (Fsp3) is 0.467. The van der Waals surface area contributed by atoms with Crippen LogP contribution in [0.25, 0.3) is 0 Å². The average Bonchev–Trinajstić information content (AvgIpc) is 2.45. The summed E-state index contributed by atoms with van der Waals surface area (Å²) >= 11 is 0. The molecular weight excluding hydrogens is 272 g/mol. The molecule has 21 heavy (non-hydrogen) atoms. The third-order valence-corrected chi connectivity index (χ3v) is 3.25. The Morgan fingerprint density at radius 1 is 1.24 bits per heavy atom. The Labute approximate surface area is 124 Å². The molecule has 6 heteroatoms. The van der Waals surface area contributed by atoms with Crippen molar-refractivity contribution in [3.8, 4) is 0 Å². The van der Waals surface area contributed by atoms with E-state index in [0.29, 0.717) is 5.69 Å². The van der Waals surface area contributed by atoms with E-state index < -0.39 is 12.0 Å². The molecule has 1 unspecified atom stereocenters. The Hall–Kier alpha value is -1.92. The van der Waals surface area contributed by atoms with Crippen LogP contribution in [0.3, 0.4) is 0 Å². The summed E-state index contributed by atoms with van der Waals surface area (Å²) in [6, 6.07) is 6.91. The van der Waals surface area contributed by atoms with Crippen LogP contribution in [-0.4, -0.2) is 52.7 Å². The molecule has 3 N–H and O–H groups in total. The number of nitrogens with one attached hydrogen (secondary N) is 1. The highest BCUT2D eigenvalue weighted by atomic mass is 16.4. The number of carbonyl (C=O) groups is 2. The van der Waals surface area contributed by atoms with Gasteiger partial charge in [0.1, 0.15) is 0 Å². The van der Waals surface area contributed by atoms with Crippen LogP contribution >= 0.6 is 0 Å². The van der Waals surface area contributed by atoms with E-state index in [9.17, 15) is 9.59 Å². The summed E-state index contributed by atoms with van der Waals surface area (Å²) < 4.78 is 0. The highest BCUT2D eigenvalue weighted by Gasteiger charge is 2.21. The lowest BCUT2D eigenvalue weighted by Gasteiger charge is -2.27. The average molecular weight is 294 g/mol. The number of aryl methyl sites for hydroxylation is 1. The van der Waals surface area contributed by atoms with Crippen molar-refractivity contribution in [2.24, 2.45) is 0 Å². The molecule has 0 saturated carbocycles. The van der Waals surface area contributed by atoms with Gasteiger partial charge in [-0.3, -0.25) is 14.5 Å². The smallest absolute Gasteiger partial charge is 0.304 e. The number of aliphatic carboxylic acids is 1. The SMILES string of the molecule is Cc1ccc(NC(=O)C(C)N(CCO)CCC(=O)O)cc1. The number of aliphatic hydroxyl groups excluding tert-OH is 1. The summed E-state index contributed by atoms with van der Waals surface area (Å²) in [5.41, 5.74) is 1.80. The van der Waals surface area contributed by atoms with Crippen molar-refractivity contribution in [2.45, 2.75) is 26.3 Å². The molecule has 1 atom stereocenters. The second-order valence-electron chi connectivity index (χ2n) is 4.93. The van der Waals surface area contributed by atoms with Gasteiger partial charge in [-0.15, -0.1) is 0 Å². The van der Waals surface area contributed by atoms with E-state index in [1.54, 1.807) is 11.8 Å². The fourth-order valence-electron chi connectivity index (χ4n) is 1.92. The molecule has 0 aliphatic carbocycles. The van der Waals surface area contributed by atoms with Crippen LogP contribution in [0.5, 0.6) is 0 Å². The number of anilines is 1. The summed E-state index contributed by atoms with van der Waals surface area (Å²) in [7, 11) is 0. The van der Waals surface area contributed by atoms with Gasteiger partial charge in [0, 0.05) is 18.8 Å². The predicted octanol–water partition coefficient (Wildman–Crippen LogP) is 1.09. The summed E-state index contributed by atoms with van der Waals surface area (Å²) in [4.78, 5) is 24.5. The van der Waals surface area contributed by atoms with E-state index >= 15 is 0 Å². The molecule has 0 heterocycles. The number of hydrogen-bond acceptors (Lipinski definition) is 4. The van der Waals surface area contributed by atoms with E-state index in [2.05, 4.69) is 5.32 Å². The van der Waals surface area contributed by atoms with Gasteiger partial charge in [-0.1, -0.05) is 17.7 Å². The largest absolute Gasteiger partial charge is 0.481 e. The van der Waals surface area contributed by atoms with Crippen LogP contribution in [0.15, 0.2) is 24.3 Å². The molecule has 0 spiro atoms. The van der Waals surface area contributed by atoms with Crippen LogP contribution in [0.4, 0.5) is 5.69 Å². The number of hydrogen-bond donors (Lipinski definition) is 3. The van der Waals surface area contributed by atoms with Gasteiger partial charge in [0.25, 0.3) is 0 Å². The van der Waals surface area contributed by atoms with E-state index in [1.165, 1.54) is 0 Å². The maximum atomic E-state index is 12.2. The molecule has 1 aromatic rings. The number of carboxylic acids is 1. The highest BCUT2D eigenvalue weighted by Crippen LogP contribution is 2.10. The Bertz CT molecular complexity index is 473. The maximum Gasteiger partial charge on any atom is 0.304 e. The van der Waals surface area contributed by atoms with Crippen molar-refractivity contribution in [3.63, 3.8) is 0 Å². The topological polar surface area (TPSA) is 89.9 Å². The number of nitrogens with zero attached hydrogens (tertiary/aromatic N) is 1. The standard InChI is InChI=1S/C15H22N2O4/c1-11-3-5-13(6-4-11)16-15(21)12(2)17(9-10-18)8-7-14(19)20/h3-6,12,18H,7-10H2,1-2H3,(H,16,21)(H,19,20). The van der Waals surface area contributed by atoms with Gasteiger partial charge in [-0.25, -0.2) is 0 Å². The Morgan fingerprint density at radius 3 is 2.38 bits per heavy atom. The van der Waals surface area contributed by atoms with Gasteiger partial charge in [0.2, 0.25) is 5.91 Å². The van der Waals surface area contributed by atoms with Gasteiger partial charge in [0.05, 0.1) is 19.1 Å². The van der Waals surface area contributed by atoms with E-state index in [0.717, 1.165) is 5.56 Å². The lowest BCUT2D eigenvalue weighted by Crippen LogP contribution is -2.44. The summed E-state index contributed by atoms with van der Waals surface area (Å²) in [5, 5.41) is 20.5. The number of amides is 1. The Kier molecular flexibility index (Phi) is 6.84. The first-order valence-electron chi connectivity index (χ1n) is 6.88. The van der Waals surface area contributed by atoms with Crippen LogP contribution in [0.1, 0.15) is 18.9 Å². The quantitative estimate of drug-likeness (QED) is 0.668. The van der Waals surface area contributed by atoms with Crippen molar-refractivity contribution in [2.75, 3.05) is 25.0 Å². The number of aliphatic hydroxyl groups is 1. The molecule has 0 saturated heterocycles. The first kappa shape index (κ1) is 17.1. The molecule has 0 bridgehead atoms. The predicted molar refractivity (Wildman–Crippen MR) is 80.2 cm³/mol. The molecule has 1 rings (SSSR count). The summed E-state index contributed by atoms with van der Waals surface area (Å²) in [5.74, 6) is -1.15. The molecule has 0 radical (unpaired) electrons. The van der Waals surface area contributed by atoms with E-state index in [-0.39, 0.29) is 32.0 Å². The van der Waals surface area contributed by atoms with Gasteiger partial charge < -0.3 is 15.5 Å². The Morgan fingerprint density at radius 2 is 1.86 bits per heavy atom. The molecule has 6 nitrogen and oxygen atoms in total. The zero-order valence-corrected chi connectivity index (χ0v) is 12.4. The van der Waals surface area contributed by atoms with Gasteiger partial charge in [0.15, 0.2) is 0 Å². The second-order valence-corrected chi connectivity index (χ2v) is 4.93.